The van der Waals surface area contributed by atoms with Gasteiger partial charge in [0.05, 0.1) is 5.69 Å². The van der Waals surface area contributed by atoms with Crippen molar-refractivity contribution in [3.8, 4) is 0 Å². The van der Waals surface area contributed by atoms with Crippen LogP contribution in [0.25, 0.3) is 0 Å². The van der Waals surface area contributed by atoms with E-state index < -0.39 is 0 Å². The fraction of sp³-hybridized carbons (Fsp3) is 0.615. The molecule has 20 heavy (non-hydrogen) atoms. The summed E-state index contributed by atoms with van der Waals surface area (Å²) in [6, 6.07) is 0.00244. The Hall–Kier alpha value is -1.63. The fourth-order valence-corrected chi connectivity index (χ4v) is 2.90. The maximum Gasteiger partial charge on any atom is 0.321 e. The van der Waals surface area contributed by atoms with Crippen LogP contribution in [0.5, 0.6) is 0 Å². The van der Waals surface area contributed by atoms with Gasteiger partial charge in [-0.05, 0) is 19.8 Å². The highest BCUT2D eigenvalue weighted by atomic mass is 32.1. The number of carbonyl (C=O) groups is 2. The highest BCUT2D eigenvalue weighted by Gasteiger charge is 2.16. The van der Waals surface area contributed by atoms with Crippen molar-refractivity contribution in [1.82, 2.24) is 15.6 Å². The van der Waals surface area contributed by atoms with Crippen molar-refractivity contribution >= 4 is 28.4 Å². The number of nitrogens with one attached hydrogen (secondary N) is 3. The molecule has 0 aromatic carbocycles. The molecule has 1 aromatic rings. The molecule has 7 heteroatoms. The molecule has 1 saturated carbocycles. The van der Waals surface area contributed by atoms with Crippen LogP contribution in [0.15, 0.2) is 5.38 Å². The van der Waals surface area contributed by atoms with Gasteiger partial charge in [-0.25, -0.2) is 9.78 Å². The molecule has 0 unspecified atom stereocenters. The maximum absolute atomic E-state index is 11.6. The molecule has 0 spiro atoms. The van der Waals surface area contributed by atoms with E-state index in [0.29, 0.717) is 24.1 Å². The molecule has 1 fully saturated rings. The zero-order valence-corrected chi connectivity index (χ0v) is 12.4. The number of aromatic nitrogens is 1. The lowest BCUT2D eigenvalue weighted by atomic mass is 10.2. The standard InChI is InChI=1S/C13H20N4O2S/c1-9-8-20-13(15-9)17-12(19)14-7-6-11(18)16-10-4-2-3-5-10/h8,10H,2-7H2,1H3,(H,16,18)(H2,14,15,17,19). The van der Waals surface area contributed by atoms with E-state index in [1.807, 2.05) is 12.3 Å². The third-order valence-corrected chi connectivity index (χ3v) is 4.07. The number of hydrogen-bond acceptors (Lipinski definition) is 4. The van der Waals surface area contributed by atoms with Gasteiger partial charge in [0.2, 0.25) is 5.91 Å². The van der Waals surface area contributed by atoms with E-state index in [2.05, 4.69) is 20.9 Å². The third-order valence-electron chi connectivity index (χ3n) is 3.20. The highest BCUT2D eigenvalue weighted by Crippen LogP contribution is 2.17. The van der Waals surface area contributed by atoms with Crippen LogP contribution in [0.3, 0.4) is 0 Å². The van der Waals surface area contributed by atoms with E-state index in [1.165, 1.54) is 24.2 Å². The summed E-state index contributed by atoms with van der Waals surface area (Å²) < 4.78 is 0. The average molecular weight is 296 g/mol. The molecular weight excluding hydrogens is 276 g/mol. The summed E-state index contributed by atoms with van der Waals surface area (Å²) >= 11 is 1.38. The number of hydrogen-bond donors (Lipinski definition) is 3. The van der Waals surface area contributed by atoms with E-state index in [9.17, 15) is 9.59 Å². The van der Waals surface area contributed by atoms with Crippen LogP contribution < -0.4 is 16.0 Å². The van der Waals surface area contributed by atoms with E-state index in [4.69, 9.17) is 0 Å². The molecule has 1 aliphatic carbocycles. The largest absolute Gasteiger partial charge is 0.353 e. The van der Waals surface area contributed by atoms with Gasteiger partial charge in [-0.1, -0.05) is 12.8 Å². The Labute approximate surface area is 122 Å². The normalized spacial score (nSPS) is 15.1. The Balaban J connectivity index is 1.60. The Bertz CT molecular complexity index is 469. The summed E-state index contributed by atoms with van der Waals surface area (Å²) in [6.45, 7) is 2.20. The lowest BCUT2D eigenvalue weighted by Crippen LogP contribution is -2.36. The SMILES string of the molecule is Cc1csc(NC(=O)NCCC(=O)NC2CCCC2)n1. The first-order valence-electron chi connectivity index (χ1n) is 6.90. The Morgan fingerprint density at radius 3 is 2.80 bits per heavy atom. The van der Waals surface area contributed by atoms with Crippen molar-refractivity contribution in [3.05, 3.63) is 11.1 Å². The molecule has 0 saturated heterocycles. The predicted molar refractivity (Wildman–Crippen MR) is 78.9 cm³/mol. The number of rotatable bonds is 5. The lowest BCUT2D eigenvalue weighted by molar-refractivity contribution is -0.121. The Morgan fingerprint density at radius 2 is 2.15 bits per heavy atom. The van der Waals surface area contributed by atoms with Crippen LogP contribution in [-0.4, -0.2) is 29.5 Å². The third kappa shape index (κ3) is 4.80. The summed E-state index contributed by atoms with van der Waals surface area (Å²) in [5, 5.41) is 10.7. The van der Waals surface area contributed by atoms with E-state index in [-0.39, 0.29) is 11.9 Å². The van der Waals surface area contributed by atoms with Gasteiger partial charge in [-0.15, -0.1) is 11.3 Å². The molecule has 110 valence electrons. The number of aryl methyl sites for hydroxylation is 1. The van der Waals surface area contributed by atoms with E-state index in [1.54, 1.807) is 0 Å². The van der Waals surface area contributed by atoms with Gasteiger partial charge >= 0.3 is 6.03 Å². The molecule has 0 atom stereocenters. The molecule has 0 bridgehead atoms. The van der Waals surface area contributed by atoms with Gasteiger partial charge < -0.3 is 10.6 Å². The van der Waals surface area contributed by atoms with Gasteiger partial charge in [0.1, 0.15) is 0 Å². The molecule has 2 rings (SSSR count). The van der Waals surface area contributed by atoms with Crippen molar-refractivity contribution in [2.75, 3.05) is 11.9 Å². The number of thiazole rings is 1. The minimum absolute atomic E-state index is 0.00212. The molecule has 1 aromatic heterocycles. The molecular formula is C13H20N4O2S. The molecule has 1 aliphatic rings. The number of anilines is 1. The van der Waals surface area contributed by atoms with Gasteiger partial charge in [0.25, 0.3) is 0 Å². The molecule has 1 heterocycles. The summed E-state index contributed by atoms with van der Waals surface area (Å²) in [6.07, 6.45) is 4.84. The van der Waals surface area contributed by atoms with Gasteiger partial charge in [-0.2, -0.15) is 0 Å². The van der Waals surface area contributed by atoms with Crippen molar-refractivity contribution < 1.29 is 9.59 Å². The lowest BCUT2D eigenvalue weighted by Gasteiger charge is -2.12. The monoisotopic (exact) mass is 296 g/mol. The van der Waals surface area contributed by atoms with Crippen LogP contribution in [0, 0.1) is 6.92 Å². The first-order valence-corrected chi connectivity index (χ1v) is 7.78. The second-order valence-electron chi connectivity index (χ2n) is 4.97. The minimum Gasteiger partial charge on any atom is -0.353 e. The minimum atomic E-state index is -0.326. The first kappa shape index (κ1) is 14.8. The van der Waals surface area contributed by atoms with Crippen molar-refractivity contribution in [1.29, 1.82) is 0 Å². The Kier molecular flexibility index (Phi) is 5.34. The number of urea groups is 1. The average Bonchev–Trinajstić information content (AvgIpc) is 3.01. The Morgan fingerprint density at radius 1 is 1.40 bits per heavy atom. The second kappa shape index (κ2) is 7.23. The van der Waals surface area contributed by atoms with Crippen molar-refractivity contribution in [2.24, 2.45) is 0 Å². The highest BCUT2D eigenvalue weighted by molar-refractivity contribution is 7.13. The maximum atomic E-state index is 11.6. The van der Waals surface area contributed by atoms with Gasteiger partial charge in [0, 0.05) is 24.4 Å². The molecule has 0 aliphatic heterocycles. The summed E-state index contributed by atoms with van der Waals surface area (Å²) in [5.74, 6) is 0.00212. The summed E-state index contributed by atoms with van der Waals surface area (Å²) in [4.78, 5) is 27.3. The van der Waals surface area contributed by atoms with Gasteiger partial charge in [0.15, 0.2) is 5.13 Å². The topological polar surface area (TPSA) is 83.1 Å². The van der Waals surface area contributed by atoms with Crippen molar-refractivity contribution in [3.63, 3.8) is 0 Å². The zero-order valence-electron chi connectivity index (χ0n) is 11.6. The van der Waals surface area contributed by atoms with E-state index >= 15 is 0 Å². The van der Waals surface area contributed by atoms with Crippen LogP contribution in [0.4, 0.5) is 9.93 Å². The molecule has 3 amide bonds. The van der Waals surface area contributed by atoms with Crippen LogP contribution in [0.2, 0.25) is 0 Å². The van der Waals surface area contributed by atoms with E-state index in [0.717, 1.165) is 18.5 Å². The number of amides is 3. The number of nitrogens with zero attached hydrogens (tertiary/aromatic N) is 1. The molecule has 0 radical (unpaired) electrons. The summed E-state index contributed by atoms with van der Waals surface area (Å²) in [7, 11) is 0. The van der Waals surface area contributed by atoms with Crippen LogP contribution in [-0.2, 0) is 4.79 Å². The number of carbonyl (C=O) groups excluding carboxylic acids is 2. The second-order valence-corrected chi connectivity index (χ2v) is 5.83. The van der Waals surface area contributed by atoms with Gasteiger partial charge in [-0.3, -0.25) is 10.1 Å². The molecule has 3 N–H and O–H groups in total. The van der Waals surface area contributed by atoms with Crippen LogP contribution in [0.1, 0.15) is 37.8 Å². The predicted octanol–water partition coefficient (Wildman–Crippen LogP) is 2.02. The first-order chi connectivity index (χ1) is 9.63. The quantitative estimate of drug-likeness (QED) is 0.777. The zero-order chi connectivity index (χ0) is 14.4. The molecule has 6 nitrogen and oxygen atoms in total. The smallest absolute Gasteiger partial charge is 0.321 e. The van der Waals surface area contributed by atoms with Crippen LogP contribution >= 0.6 is 11.3 Å². The summed E-state index contributed by atoms with van der Waals surface area (Å²) in [5.41, 5.74) is 0.876. The fourth-order valence-electron chi connectivity index (χ4n) is 2.21. The van der Waals surface area contributed by atoms with Crippen molar-refractivity contribution in [2.45, 2.75) is 45.1 Å².